The Morgan fingerprint density at radius 3 is 2.09 bits per heavy atom. The van der Waals surface area contributed by atoms with Crippen LogP contribution in [-0.4, -0.2) is 24.7 Å². The van der Waals surface area contributed by atoms with Gasteiger partial charge in [-0.2, -0.15) is 0 Å². The van der Waals surface area contributed by atoms with Crippen molar-refractivity contribution in [3.63, 3.8) is 0 Å². The van der Waals surface area contributed by atoms with Crippen LogP contribution in [0.25, 0.3) is 0 Å². The zero-order chi connectivity index (χ0) is 17.2. The van der Waals surface area contributed by atoms with Crippen LogP contribution in [-0.2, 0) is 0 Å². The van der Waals surface area contributed by atoms with Gasteiger partial charge in [-0.25, -0.2) is 0 Å². The van der Waals surface area contributed by atoms with E-state index in [0.717, 1.165) is 6.54 Å². The van der Waals surface area contributed by atoms with Gasteiger partial charge in [0, 0.05) is 17.6 Å². The van der Waals surface area contributed by atoms with E-state index in [-0.39, 0.29) is 16.5 Å². The van der Waals surface area contributed by atoms with Crippen molar-refractivity contribution in [1.82, 2.24) is 10.6 Å². The lowest BCUT2D eigenvalue weighted by Gasteiger charge is -2.73. The van der Waals surface area contributed by atoms with Crippen molar-refractivity contribution in [1.29, 1.82) is 0 Å². The SMILES string of the molecule is CCC(C)C1(C)C(C)(CC)C2(C)CNC(C)(C2C)C1(C)NC. The maximum Gasteiger partial charge on any atom is 0.0395 e. The lowest BCUT2D eigenvalue weighted by molar-refractivity contribution is -0.208. The topological polar surface area (TPSA) is 24.1 Å². The number of hydrogen-bond acceptors (Lipinski definition) is 2. The number of hydrogen-bond donors (Lipinski definition) is 2. The lowest BCUT2D eigenvalue weighted by Crippen LogP contribution is -2.80. The summed E-state index contributed by atoms with van der Waals surface area (Å²) in [5.74, 6) is 1.33. The maximum atomic E-state index is 3.99. The van der Waals surface area contributed by atoms with Gasteiger partial charge in [0.1, 0.15) is 0 Å². The van der Waals surface area contributed by atoms with Crippen LogP contribution >= 0.6 is 0 Å². The second-order valence-electron chi connectivity index (χ2n) is 9.27. The first kappa shape index (κ1) is 18.3. The van der Waals surface area contributed by atoms with Gasteiger partial charge in [0.05, 0.1) is 0 Å². The van der Waals surface area contributed by atoms with Crippen molar-refractivity contribution in [3.05, 3.63) is 0 Å². The smallest absolute Gasteiger partial charge is 0.0395 e. The highest BCUT2D eigenvalue weighted by Gasteiger charge is 2.77. The summed E-state index contributed by atoms with van der Waals surface area (Å²) in [5, 5.41) is 7.82. The van der Waals surface area contributed by atoms with Crippen molar-refractivity contribution in [2.45, 2.75) is 86.2 Å². The molecule has 2 nitrogen and oxygen atoms in total. The van der Waals surface area contributed by atoms with Crippen molar-refractivity contribution < 1.29 is 0 Å². The number of nitrogens with one attached hydrogen (secondary N) is 2. The predicted octanol–water partition coefficient (Wildman–Crippen LogP) is 4.45. The van der Waals surface area contributed by atoms with E-state index >= 15 is 0 Å². The lowest BCUT2D eigenvalue weighted by atomic mass is 9.33. The summed E-state index contributed by atoms with van der Waals surface area (Å²) >= 11 is 0. The Labute approximate surface area is 139 Å². The quantitative estimate of drug-likeness (QED) is 0.801. The molecule has 0 amide bonds. The summed E-state index contributed by atoms with van der Waals surface area (Å²) in [6.45, 7) is 23.5. The van der Waals surface area contributed by atoms with Crippen LogP contribution in [0.15, 0.2) is 0 Å². The van der Waals surface area contributed by atoms with E-state index in [0.29, 0.717) is 22.7 Å². The fourth-order valence-corrected chi connectivity index (χ4v) is 7.01. The zero-order valence-electron chi connectivity index (χ0n) is 16.8. The average Bonchev–Trinajstić information content (AvgIpc) is 2.75. The third kappa shape index (κ3) is 1.50. The van der Waals surface area contributed by atoms with E-state index in [1.54, 1.807) is 0 Å². The highest BCUT2D eigenvalue weighted by molar-refractivity contribution is 5.32. The molecule has 1 aliphatic carbocycles. The molecule has 1 heterocycles. The molecule has 1 aliphatic heterocycles. The molecule has 1 saturated carbocycles. The van der Waals surface area contributed by atoms with Crippen molar-refractivity contribution in [3.8, 4) is 0 Å². The largest absolute Gasteiger partial charge is 0.312 e. The molecule has 2 fully saturated rings. The minimum absolute atomic E-state index is 0.0651. The summed E-state index contributed by atoms with van der Waals surface area (Å²) in [4.78, 5) is 0. The molecule has 2 rings (SSSR count). The van der Waals surface area contributed by atoms with Gasteiger partial charge in [0.2, 0.25) is 0 Å². The first-order valence-electron chi connectivity index (χ1n) is 9.40. The van der Waals surface area contributed by atoms with Gasteiger partial charge in [-0.15, -0.1) is 0 Å². The molecule has 2 N–H and O–H groups in total. The van der Waals surface area contributed by atoms with E-state index in [1.165, 1.54) is 12.8 Å². The Balaban J connectivity index is 2.83. The standard InChI is InChI=1S/C20H40N2/c1-11-14(3)18(7)17(6,12-2)16(5)13-22-19(8,15(16)4)20(18,9)21-10/h14-15,21-22H,11-13H2,1-10H3. The normalized spacial score (nSPS) is 56.2. The third-order valence-electron chi connectivity index (χ3n) is 9.93. The third-order valence-corrected chi connectivity index (χ3v) is 9.93. The Bertz CT molecular complexity index is 415. The van der Waals surface area contributed by atoms with Crippen LogP contribution in [0.4, 0.5) is 0 Å². The first-order valence-corrected chi connectivity index (χ1v) is 9.40. The van der Waals surface area contributed by atoms with E-state index in [2.05, 4.69) is 80.0 Å². The van der Waals surface area contributed by atoms with E-state index in [4.69, 9.17) is 0 Å². The molecule has 7 atom stereocenters. The minimum Gasteiger partial charge on any atom is -0.312 e. The van der Waals surface area contributed by atoms with Crippen LogP contribution in [0.2, 0.25) is 0 Å². The van der Waals surface area contributed by atoms with Gasteiger partial charge in [0.25, 0.3) is 0 Å². The van der Waals surface area contributed by atoms with Crippen molar-refractivity contribution in [2.75, 3.05) is 13.6 Å². The van der Waals surface area contributed by atoms with Gasteiger partial charge in [-0.3, -0.25) is 0 Å². The predicted molar refractivity (Wildman–Crippen MR) is 97.1 cm³/mol. The summed E-state index contributed by atoms with van der Waals surface area (Å²) < 4.78 is 0. The molecule has 0 aromatic carbocycles. The molecule has 1 saturated heterocycles. The average molecular weight is 309 g/mol. The molecule has 0 spiro atoms. The molecular weight excluding hydrogens is 268 g/mol. The number of fused-ring (bicyclic) bond motifs is 2. The van der Waals surface area contributed by atoms with Crippen LogP contribution in [0.1, 0.15) is 75.2 Å². The highest BCUT2D eigenvalue weighted by atomic mass is 15.2. The molecule has 2 heteroatoms. The van der Waals surface area contributed by atoms with E-state index in [1.807, 2.05) is 0 Å². The number of rotatable bonds is 4. The van der Waals surface area contributed by atoms with Crippen LogP contribution < -0.4 is 10.6 Å². The van der Waals surface area contributed by atoms with Gasteiger partial charge < -0.3 is 10.6 Å². The summed E-state index contributed by atoms with van der Waals surface area (Å²) in [5.41, 5.74) is 1.07. The first-order chi connectivity index (χ1) is 9.96. The highest BCUT2D eigenvalue weighted by Crippen LogP contribution is 2.73. The molecule has 2 bridgehead atoms. The van der Waals surface area contributed by atoms with Crippen LogP contribution in [0.3, 0.4) is 0 Å². The van der Waals surface area contributed by atoms with Gasteiger partial charge in [-0.05, 0) is 55.4 Å². The second kappa shape index (κ2) is 4.96. The zero-order valence-corrected chi connectivity index (χ0v) is 16.8. The maximum absolute atomic E-state index is 3.99. The molecular formula is C20H40N2. The summed E-state index contributed by atoms with van der Waals surface area (Å²) in [7, 11) is 2.18. The fraction of sp³-hybridized carbons (Fsp3) is 1.00. The summed E-state index contributed by atoms with van der Waals surface area (Å²) in [6, 6.07) is 0. The fourth-order valence-electron chi connectivity index (χ4n) is 7.01. The Kier molecular flexibility index (Phi) is 4.12. The Morgan fingerprint density at radius 2 is 1.68 bits per heavy atom. The van der Waals surface area contributed by atoms with Crippen molar-refractivity contribution in [2.24, 2.45) is 28.1 Å². The van der Waals surface area contributed by atoms with Crippen LogP contribution in [0.5, 0.6) is 0 Å². The molecule has 0 radical (unpaired) electrons. The minimum atomic E-state index is 0.0651. The van der Waals surface area contributed by atoms with E-state index in [9.17, 15) is 0 Å². The second-order valence-corrected chi connectivity index (χ2v) is 9.27. The van der Waals surface area contributed by atoms with Crippen LogP contribution in [0, 0.1) is 28.1 Å². The monoisotopic (exact) mass is 308 g/mol. The molecule has 2 aliphatic rings. The number of likely N-dealkylation sites (N-methyl/N-ethyl adjacent to an activating group) is 1. The van der Waals surface area contributed by atoms with Gasteiger partial charge >= 0.3 is 0 Å². The molecule has 0 aromatic heterocycles. The molecule has 130 valence electrons. The van der Waals surface area contributed by atoms with Gasteiger partial charge in [-0.1, -0.05) is 54.9 Å². The Morgan fingerprint density at radius 1 is 1.14 bits per heavy atom. The summed E-state index contributed by atoms with van der Waals surface area (Å²) in [6.07, 6.45) is 2.48. The molecule has 0 aromatic rings. The molecule has 7 unspecified atom stereocenters. The van der Waals surface area contributed by atoms with E-state index < -0.39 is 0 Å². The van der Waals surface area contributed by atoms with Gasteiger partial charge in [0.15, 0.2) is 0 Å². The van der Waals surface area contributed by atoms with Crippen molar-refractivity contribution >= 4 is 0 Å². The molecule has 22 heavy (non-hydrogen) atoms. The Hall–Kier alpha value is -0.0800.